The van der Waals surface area contributed by atoms with Gasteiger partial charge in [0.25, 0.3) is 0 Å². The zero-order chi connectivity index (χ0) is 11.1. The highest BCUT2D eigenvalue weighted by Gasteiger charge is 2.27. The lowest BCUT2D eigenvalue weighted by Crippen LogP contribution is -2.31. The number of methoxy groups -OCH3 is 1. The van der Waals surface area contributed by atoms with Gasteiger partial charge in [-0.3, -0.25) is 0 Å². The third kappa shape index (κ3) is 4.25. The van der Waals surface area contributed by atoms with Crippen molar-refractivity contribution >= 4 is 0 Å². The lowest BCUT2D eigenvalue weighted by molar-refractivity contribution is -0.186. The minimum Gasteiger partial charge on any atom is -0.470 e. The van der Waals surface area contributed by atoms with Crippen LogP contribution in [0, 0.1) is 0 Å². The van der Waals surface area contributed by atoms with Gasteiger partial charge in [0.1, 0.15) is 0 Å². The summed E-state index contributed by atoms with van der Waals surface area (Å²) in [6, 6.07) is 0. The van der Waals surface area contributed by atoms with Crippen molar-refractivity contribution < 1.29 is 9.47 Å². The first kappa shape index (κ1) is 12.6. The van der Waals surface area contributed by atoms with Crippen molar-refractivity contribution in [3.05, 3.63) is 11.8 Å². The van der Waals surface area contributed by atoms with Crippen LogP contribution in [0.5, 0.6) is 0 Å². The molecule has 2 heteroatoms. The third-order valence-electron chi connectivity index (χ3n) is 3.16. The smallest absolute Gasteiger partial charge is 0.206 e. The molecule has 0 N–H and O–H groups in total. The fraction of sp³-hybridized carbons (Fsp3) is 0.846. The Labute approximate surface area is 93.7 Å². The molecule has 0 aromatic heterocycles. The van der Waals surface area contributed by atoms with E-state index in [0.717, 1.165) is 12.8 Å². The van der Waals surface area contributed by atoms with E-state index >= 15 is 0 Å². The maximum absolute atomic E-state index is 5.60. The normalized spacial score (nSPS) is 25.9. The van der Waals surface area contributed by atoms with E-state index in [4.69, 9.17) is 9.47 Å². The summed E-state index contributed by atoms with van der Waals surface area (Å²) in [5.41, 5.74) is 1.45. The van der Waals surface area contributed by atoms with Gasteiger partial charge < -0.3 is 9.47 Å². The molecule has 0 saturated heterocycles. The molecule has 0 saturated carbocycles. The van der Waals surface area contributed by atoms with E-state index < -0.39 is 0 Å². The van der Waals surface area contributed by atoms with Crippen LogP contribution < -0.4 is 0 Å². The molecular formula is C13H24O2. The highest BCUT2D eigenvalue weighted by Crippen LogP contribution is 2.29. The van der Waals surface area contributed by atoms with Gasteiger partial charge in [0, 0.05) is 20.5 Å². The van der Waals surface area contributed by atoms with Gasteiger partial charge in [0.05, 0.1) is 6.26 Å². The Balaban J connectivity index is 2.22. The summed E-state index contributed by atoms with van der Waals surface area (Å²) in [7, 11) is 1.71. The number of rotatable bonds is 6. The van der Waals surface area contributed by atoms with Crippen LogP contribution in [-0.4, -0.2) is 12.9 Å². The van der Waals surface area contributed by atoms with E-state index in [9.17, 15) is 0 Å². The standard InChI is InChI=1S/C13H24O2/c1-4-5-6-7-8-12-9-10-13(2,14-3)15-11-12/h11H,4-10H2,1-3H3. The van der Waals surface area contributed by atoms with Gasteiger partial charge in [-0.15, -0.1) is 0 Å². The van der Waals surface area contributed by atoms with E-state index in [1.807, 2.05) is 13.2 Å². The largest absolute Gasteiger partial charge is 0.470 e. The molecule has 0 radical (unpaired) electrons. The first-order chi connectivity index (χ1) is 7.20. The molecular weight excluding hydrogens is 188 g/mol. The molecule has 1 rings (SSSR count). The predicted molar refractivity (Wildman–Crippen MR) is 62.6 cm³/mol. The van der Waals surface area contributed by atoms with Gasteiger partial charge in [-0.1, -0.05) is 26.2 Å². The van der Waals surface area contributed by atoms with Crippen LogP contribution in [0.3, 0.4) is 0 Å². The number of hydrogen-bond donors (Lipinski definition) is 0. The SMILES string of the molecule is CCCCCCC1=COC(C)(OC)CC1. The summed E-state index contributed by atoms with van der Waals surface area (Å²) >= 11 is 0. The van der Waals surface area contributed by atoms with Crippen molar-refractivity contribution in [3.63, 3.8) is 0 Å². The monoisotopic (exact) mass is 212 g/mol. The molecule has 1 unspecified atom stereocenters. The predicted octanol–water partition coefficient (Wildman–Crippen LogP) is 4.01. The fourth-order valence-corrected chi connectivity index (χ4v) is 1.83. The topological polar surface area (TPSA) is 18.5 Å². The van der Waals surface area contributed by atoms with Gasteiger partial charge in [0.15, 0.2) is 0 Å². The van der Waals surface area contributed by atoms with Gasteiger partial charge in [-0.05, 0) is 24.8 Å². The minimum atomic E-state index is -0.382. The molecule has 0 aromatic carbocycles. The summed E-state index contributed by atoms with van der Waals surface area (Å²) in [4.78, 5) is 0. The summed E-state index contributed by atoms with van der Waals surface area (Å²) < 4.78 is 10.9. The molecule has 88 valence electrons. The molecule has 0 aromatic rings. The Morgan fingerprint density at radius 2 is 2.20 bits per heavy atom. The molecule has 1 atom stereocenters. The van der Waals surface area contributed by atoms with E-state index in [1.54, 1.807) is 7.11 Å². The molecule has 1 heterocycles. The Bertz CT molecular complexity index is 211. The van der Waals surface area contributed by atoms with E-state index in [2.05, 4.69) is 6.92 Å². The Kier molecular flexibility index (Phi) is 5.16. The number of unbranched alkanes of at least 4 members (excludes halogenated alkanes) is 3. The van der Waals surface area contributed by atoms with Crippen LogP contribution in [0.1, 0.15) is 58.8 Å². The highest BCUT2D eigenvalue weighted by molar-refractivity contribution is 5.02. The Morgan fingerprint density at radius 1 is 1.40 bits per heavy atom. The zero-order valence-electron chi connectivity index (χ0n) is 10.3. The second kappa shape index (κ2) is 6.16. The van der Waals surface area contributed by atoms with Crippen molar-refractivity contribution in [1.82, 2.24) is 0 Å². The van der Waals surface area contributed by atoms with E-state index in [1.165, 1.54) is 37.7 Å². The molecule has 0 amide bonds. The van der Waals surface area contributed by atoms with Gasteiger partial charge in [0.2, 0.25) is 5.79 Å². The molecule has 15 heavy (non-hydrogen) atoms. The summed E-state index contributed by atoms with van der Waals surface area (Å²) in [6.45, 7) is 4.24. The van der Waals surface area contributed by atoms with Crippen LogP contribution in [0.4, 0.5) is 0 Å². The molecule has 2 nitrogen and oxygen atoms in total. The van der Waals surface area contributed by atoms with Crippen LogP contribution in [0.25, 0.3) is 0 Å². The highest BCUT2D eigenvalue weighted by atomic mass is 16.7. The quantitative estimate of drug-likeness (QED) is 0.619. The second-order valence-corrected chi connectivity index (χ2v) is 4.54. The number of allylic oxidation sites excluding steroid dienone is 1. The van der Waals surface area contributed by atoms with Crippen molar-refractivity contribution in [2.45, 2.75) is 64.6 Å². The van der Waals surface area contributed by atoms with Crippen LogP contribution in [0.15, 0.2) is 11.8 Å². The summed E-state index contributed by atoms with van der Waals surface area (Å²) in [5, 5.41) is 0. The van der Waals surface area contributed by atoms with Crippen LogP contribution in [0.2, 0.25) is 0 Å². The molecule has 0 bridgehead atoms. The average Bonchev–Trinajstić information content (AvgIpc) is 2.27. The van der Waals surface area contributed by atoms with Crippen molar-refractivity contribution in [2.24, 2.45) is 0 Å². The molecule has 0 fully saturated rings. The number of ether oxygens (including phenoxy) is 2. The molecule has 0 spiro atoms. The second-order valence-electron chi connectivity index (χ2n) is 4.54. The average molecular weight is 212 g/mol. The van der Waals surface area contributed by atoms with Gasteiger partial charge in [-0.2, -0.15) is 0 Å². The van der Waals surface area contributed by atoms with Crippen LogP contribution in [-0.2, 0) is 9.47 Å². The van der Waals surface area contributed by atoms with Crippen LogP contribution >= 0.6 is 0 Å². The molecule has 0 aliphatic carbocycles. The van der Waals surface area contributed by atoms with Gasteiger partial charge in [-0.25, -0.2) is 0 Å². The van der Waals surface area contributed by atoms with Crippen molar-refractivity contribution in [1.29, 1.82) is 0 Å². The maximum Gasteiger partial charge on any atom is 0.206 e. The van der Waals surface area contributed by atoms with Gasteiger partial charge >= 0.3 is 0 Å². The number of hydrogen-bond acceptors (Lipinski definition) is 2. The summed E-state index contributed by atoms with van der Waals surface area (Å²) in [5.74, 6) is -0.382. The lowest BCUT2D eigenvalue weighted by atomic mass is 9.99. The lowest BCUT2D eigenvalue weighted by Gasteiger charge is -2.31. The van der Waals surface area contributed by atoms with Crippen molar-refractivity contribution in [3.8, 4) is 0 Å². The first-order valence-corrected chi connectivity index (χ1v) is 6.11. The van der Waals surface area contributed by atoms with E-state index in [-0.39, 0.29) is 5.79 Å². The fourth-order valence-electron chi connectivity index (χ4n) is 1.83. The maximum atomic E-state index is 5.60. The Hall–Kier alpha value is -0.500. The van der Waals surface area contributed by atoms with Crippen molar-refractivity contribution in [2.75, 3.05) is 7.11 Å². The Morgan fingerprint density at radius 3 is 2.73 bits per heavy atom. The van der Waals surface area contributed by atoms with E-state index in [0.29, 0.717) is 0 Å². The third-order valence-corrected chi connectivity index (χ3v) is 3.16. The molecule has 1 aliphatic rings. The summed E-state index contributed by atoms with van der Waals surface area (Å²) in [6.07, 6.45) is 10.5. The zero-order valence-corrected chi connectivity index (χ0v) is 10.3. The molecule has 1 aliphatic heterocycles. The minimum absolute atomic E-state index is 0.382. The first-order valence-electron chi connectivity index (χ1n) is 6.11.